The highest BCUT2D eigenvalue weighted by atomic mass is 16.5. The van der Waals surface area contributed by atoms with Crippen molar-refractivity contribution in [1.82, 2.24) is 10.1 Å². The molecule has 2 atom stereocenters. The van der Waals surface area contributed by atoms with Crippen molar-refractivity contribution in [3.8, 4) is 0 Å². The van der Waals surface area contributed by atoms with Crippen LogP contribution in [0.5, 0.6) is 0 Å². The van der Waals surface area contributed by atoms with Crippen LogP contribution in [0.1, 0.15) is 18.6 Å². The molecule has 1 aromatic rings. The number of anilines is 1. The number of hydrogen-bond acceptors (Lipinski definition) is 5. The molecule has 0 unspecified atom stereocenters. The fourth-order valence-electron chi connectivity index (χ4n) is 2.78. The molecule has 110 valence electrons. The molecular weight excluding hydrogens is 274 g/mol. The molecule has 0 aromatic carbocycles. The lowest BCUT2D eigenvalue weighted by molar-refractivity contribution is -0.142. The fourth-order valence-corrected chi connectivity index (χ4v) is 2.78. The summed E-state index contributed by atoms with van der Waals surface area (Å²) in [5.74, 6) is -0.779. The van der Waals surface area contributed by atoms with Crippen LogP contribution in [0.15, 0.2) is 22.7 Å². The Hall–Kier alpha value is -2.44. The van der Waals surface area contributed by atoms with Gasteiger partial charge in [-0.2, -0.15) is 0 Å². The van der Waals surface area contributed by atoms with Gasteiger partial charge in [-0.15, -0.1) is 0 Å². The number of carbonyl (C=O) groups excluding carboxylic acids is 3. The molecule has 3 rings (SSSR count). The minimum atomic E-state index is -0.461. The van der Waals surface area contributed by atoms with Gasteiger partial charge < -0.3 is 9.84 Å². The third-order valence-electron chi connectivity index (χ3n) is 3.80. The van der Waals surface area contributed by atoms with Gasteiger partial charge in [-0.3, -0.25) is 19.3 Å². The van der Waals surface area contributed by atoms with Gasteiger partial charge in [-0.1, -0.05) is 17.3 Å². The van der Waals surface area contributed by atoms with Crippen molar-refractivity contribution in [3.63, 3.8) is 0 Å². The molecule has 1 N–H and O–H groups in total. The Morgan fingerprint density at radius 3 is 2.48 bits per heavy atom. The van der Waals surface area contributed by atoms with E-state index in [1.165, 1.54) is 0 Å². The lowest BCUT2D eigenvalue weighted by Crippen LogP contribution is -2.38. The predicted molar refractivity (Wildman–Crippen MR) is 71.9 cm³/mol. The molecule has 1 aromatic heterocycles. The maximum absolute atomic E-state index is 12.2. The van der Waals surface area contributed by atoms with Crippen LogP contribution in [0.4, 0.5) is 5.82 Å². The first kappa shape index (κ1) is 13.5. The highest BCUT2D eigenvalue weighted by molar-refractivity contribution is 6.08. The standard InChI is InChI=1S/C14H15N3O4/c1-8-6-11(16-21-8)15-12(18)7-17-13(19)9-4-2-3-5-10(9)14(17)20/h2-3,6,9-10H,4-5,7H2,1H3,(H,15,16,18)/t9-,10-/m1/s1. The molecule has 7 heteroatoms. The molecule has 1 aliphatic carbocycles. The van der Waals surface area contributed by atoms with Crippen LogP contribution in [0.25, 0.3) is 0 Å². The molecule has 1 saturated heterocycles. The molecular formula is C14H15N3O4. The van der Waals surface area contributed by atoms with Gasteiger partial charge in [0.05, 0.1) is 11.8 Å². The first-order chi connectivity index (χ1) is 10.1. The number of imide groups is 1. The van der Waals surface area contributed by atoms with E-state index in [1.807, 2.05) is 12.2 Å². The number of fused-ring (bicyclic) bond motifs is 1. The predicted octanol–water partition coefficient (Wildman–Crippen LogP) is 0.873. The summed E-state index contributed by atoms with van der Waals surface area (Å²) in [5, 5.41) is 6.14. The van der Waals surface area contributed by atoms with Crippen molar-refractivity contribution in [3.05, 3.63) is 24.0 Å². The number of rotatable bonds is 3. The zero-order chi connectivity index (χ0) is 15.0. The summed E-state index contributed by atoms with van der Waals surface area (Å²) in [6, 6.07) is 1.56. The third kappa shape index (κ3) is 2.46. The van der Waals surface area contributed by atoms with Crippen LogP contribution < -0.4 is 5.32 Å². The van der Waals surface area contributed by atoms with Crippen LogP contribution in [-0.2, 0) is 14.4 Å². The number of nitrogens with zero attached hydrogens (tertiary/aromatic N) is 2. The van der Waals surface area contributed by atoms with Crippen LogP contribution in [0.3, 0.4) is 0 Å². The molecule has 0 radical (unpaired) electrons. The van der Waals surface area contributed by atoms with Gasteiger partial charge in [0, 0.05) is 6.07 Å². The molecule has 0 saturated carbocycles. The molecule has 2 heterocycles. The minimum Gasteiger partial charge on any atom is -0.360 e. The second-order valence-corrected chi connectivity index (χ2v) is 5.29. The Kier molecular flexibility index (Phi) is 3.32. The van der Waals surface area contributed by atoms with E-state index in [1.54, 1.807) is 13.0 Å². The first-order valence-corrected chi connectivity index (χ1v) is 6.79. The highest BCUT2D eigenvalue weighted by Crippen LogP contribution is 2.34. The van der Waals surface area contributed by atoms with E-state index < -0.39 is 5.91 Å². The van der Waals surface area contributed by atoms with E-state index in [4.69, 9.17) is 4.52 Å². The molecule has 0 spiro atoms. The summed E-state index contributed by atoms with van der Waals surface area (Å²) < 4.78 is 4.83. The van der Waals surface area contributed by atoms with Crippen molar-refractivity contribution in [2.75, 3.05) is 11.9 Å². The number of allylic oxidation sites excluding steroid dienone is 2. The average Bonchev–Trinajstić information content (AvgIpc) is 2.97. The van der Waals surface area contributed by atoms with Gasteiger partial charge in [-0.25, -0.2) is 0 Å². The fraction of sp³-hybridized carbons (Fsp3) is 0.429. The Morgan fingerprint density at radius 2 is 1.95 bits per heavy atom. The lowest BCUT2D eigenvalue weighted by atomic mass is 9.85. The molecule has 2 aliphatic rings. The molecule has 3 amide bonds. The summed E-state index contributed by atoms with van der Waals surface area (Å²) in [6.07, 6.45) is 4.95. The molecule has 1 fully saturated rings. The molecule has 0 bridgehead atoms. The molecule has 21 heavy (non-hydrogen) atoms. The Balaban J connectivity index is 1.66. The van der Waals surface area contributed by atoms with Gasteiger partial charge in [0.25, 0.3) is 0 Å². The quantitative estimate of drug-likeness (QED) is 0.658. The monoisotopic (exact) mass is 289 g/mol. The first-order valence-electron chi connectivity index (χ1n) is 6.79. The second kappa shape index (κ2) is 5.16. The second-order valence-electron chi connectivity index (χ2n) is 5.29. The molecule has 1 aliphatic heterocycles. The Bertz CT molecular complexity index is 608. The highest BCUT2D eigenvalue weighted by Gasteiger charge is 2.47. The van der Waals surface area contributed by atoms with E-state index in [0.717, 1.165) is 4.90 Å². The van der Waals surface area contributed by atoms with Crippen molar-refractivity contribution >= 4 is 23.5 Å². The Labute approximate surface area is 121 Å². The zero-order valence-corrected chi connectivity index (χ0v) is 11.5. The summed E-state index contributed by atoms with van der Waals surface area (Å²) >= 11 is 0. The van der Waals surface area contributed by atoms with E-state index in [0.29, 0.717) is 18.6 Å². The zero-order valence-electron chi connectivity index (χ0n) is 11.5. The van der Waals surface area contributed by atoms with Crippen LogP contribution >= 0.6 is 0 Å². The van der Waals surface area contributed by atoms with Gasteiger partial charge in [-0.05, 0) is 19.8 Å². The maximum Gasteiger partial charge on any atom is 0.245 e. The summed E-state index contributed by atoms with van der Waals surface area (Å²) in [6.45, 7) is 1.42. The third-order valence-corrected chi connectivity index (χ3v) is 3.80. The topological polar surface area (TPSA) is 92.5 Å². The number of aryl methyl sites for hydroxylation is 1. The normalized spacial score (nSPS) is 24.3. The maximum atomic E-state index is 12.2. The van der Waals surface area contributed by atoms with Gasteiger partial charge in [0.2, 0.25) is 17.7 Å². The number of amides is 3. The van der Waals surface area contributed by atoms with Crippen molar-refractivity contribution in [2.45, 2.75) is 19.8 Å². The van der Waals surface area contributed by atoms with Gasteiger partial charge in [0.1, 0.15) is 12.3 Å². The smallest absolute Gasteiger partial charge is 0.245 e. The lowest BCUT2D eigenvalue weighted by Gasteiger charge is -2.14. The van der Waals surface area contributed by atoms with Gasteiger partial charge in [0.15, 0.2) is 5.82 Å². The van der Waals surface area contributed by atoms with Crippen molar-refractivity contribution in [1.29, 1.82) is 0 Å². The number of aromatic nitrogens is 1. The van der Waals surface area contributed by atoms with E-state index in [9.17, 15) is 14.4 Å². The number of likely N-dealkylation sites (tertiary alicyclic amines) is 1. The van der Waals surface area contributed by atoms with Crippen LogP contribution in [-0.4, -0.2) is 34.3 Å². The van der Waals surface area contributed by atoms with Gasteiger partial charge >= 0.3 is 0 Å². The summed E-state index contributed by atoms with van der Waals surface area (Å²) in [5.41, 5.74) is 0. The summed E-state index contributed by atoms with van der Waals surface area (Å²) in [4.78, 5) is 37.4. The number of nitrogens with one attached hydrogen (secondary N) is 1. The number of carbonyl (C=O) groups is 3. The number of hydrogen-bond donors (Lipinski definition) is 1. The molecule has 7 nitrogen and oxygen atoms in total. The summed E-state index contributed by atoms with van der Waals surface area (Å²) in [7, 11) is 0. The van der Waals surface area contributed by atoms with E-state index in [-0.39, 0.29) is 36.0 Å². The van der Waals surface area contributed by atoms with Crippen LogP contribution in [0, 0.1) is 18.8 Å². The SMILES string of the molecule is Cc1cc(NC(=O)CN2C(=O)[C@@H]3CC=CC[C@H]3C2=O)no1. The Morgan fingerprint density at radius 1 is 1.33 bits per heavy atom. The van der Waals surface area contributed by atoms with Crippen LogP contribution in [0.2, 0.25) is 0 Å². The van der Waals surface area contributed by atoms with Crippen molar-refractivity contribution < 1.29 is 18.9 Å². The largest absolute Gasteiger partial charge is 0.360 e. The van der Waals surface area contributed by atoms with E-state index in [2.05, 4.69) is 10.5 Å². The van der Waals surface area contributed by atoms with E-state index >= 15 is 0 Å². The van der Waals surface area contributed by atoms with Crippen molar-refractivity contribution in [2.24, 2.45) is 11.8 Å². The average molecular weight is 289 g/mol. The minimum absolute atomic E-state index is 0.263.